The van der Waals surface area contributed by atoms with Gasteiger partial charge in [0.2, 0.25) is 0 Å². The first-order chi connectivity index (χ1) is 15.6. The Labute approximate surface area is 199 Å². The molecule has 6 heteroatoms. The molecular weight excluding hydrogens is 430 g/mol. The van der Waals surface area contributed by atoms with Crippen LogP contribution in [-0.2, 0) is 9.59 Å². The van der Waals surface area contributed by atoms with E-state index in [1.165, 1.54) is 20.9 Å². The van der Waals surface area contributed by atoms with Crippen LogP contribution in [-0.4, -0.2) is 33.4 Å². The number of thiocarbonyl (C=S) groups is 1. The number of hydrogen-bond donors (Lipinski definition) is 0. The van der Waals surface area contributed by atoms with Gasteiger partial charge in [0.15, 0.2) is 5.11 Å². The van der Waals surface area contributed by atoms with Crippen molar-refractivity contribution in [3.8, 4) is 5.69 Å². The monoisotopic (exact) mass is 457 g/mol. The molecule has 4 rings (SSSR count). The summed E-state index contributed by atoms with van der Waals surface area (Å²) in [5.41, 5.74) is 8.13. The van der Waals surface area contributed by atoms with Crippen LogP contribution in [0, 0.1) is 34.6 Å². The molecule has 168 valence electrons. The van der Waals surface area contributed by atoms with Crippen LogP contribution in [0.2, 0.25) is 0 Å². The summed E-state index contributed by atoms with van der Waals surface area (Å²) in [6, 6.07) is 15.7. The summed E-state index contributed by atoms with van der Waals surface area (Å²) in [6.45, 7) is 10.2. The number of aryl methyl sites for hydroxylation is 3. The van der Waals surface area contributed by atoms with Crippen molar-refractivity contribution in [2.75, 3.05) is 11.9 Å². The molecule has 1 aliphatic heterocycles. The van der Waals surface area contributed by atoms with Crippen molar-refractivity contribution in [3.05, 3.63) is 87.7 Å². The number of anilines is 1. The molecular formula is C27H27N3O2S. The summed E-state index contributed by atoms with van der Waals surface area (Å²) < 4.78 is 2.17. The van der Waals surface area contributed by atoms with Crippen LogP contribution in [0.1, 0.15) is 33.6 Å². The van der Waals surface area contributed by atoms with Gasteiger partial charge >= 0.3 is 0 Å². The number of benzene rings is 2. The lowest BCUT2D eigenvalue weighted by Crippen LogP contribution is -2.54. The fourth-order valence-electron chi connectivity index (χ4n) is 4.20. The third kappa shape index (κ3) is 3.80. The zero-order valence-corrected chi connectivity index (χ0v) is 20.6. The van der Waals surface area contributed by atoms with Gasteiger partial charge in [0.25, 0.3) is 11.8 Å². The van der Waals surface area contributed by atoms with E-state index in [1.54, 1.807) is 13.1 Å². The molecule has 1 fully saturated rings. The third-order valence-corrected chi connectivity index (χ3v) is 6.78. The van der Waals surface area contributed by atoms with Crippen molar-refractivity contribution in [2.24, 2.45) is 0 Å². The number of carbonyl (C=O) groups is 2. The summed E-state index contributed by atoms with van der Waals surface area (Å²) in [5.74, 6) is -0.812. The quantitative estimate of drug-likeness (QED) is 0.309. The Balaban J connectivity index is 1.82. The maximum atomic E-state index is 13.5. The lowest BCUT2D eigenvalue weighted by Gasteiger charge is -2.34. The largest absolute Gasteiger partial charge is 0.318 e. The van der Waals surface area contributed by atoms with E-state index < -0.39 is 11.8 Å². The Morgan fingerprint density at radius 2 is 1.55 bits per heavy atom. The molecule has 1 aliphatic rings. The first kappa shape index (κ1) is 22.7. The smallest absolute Gasteiger partial charge is 0.270 e. The fraction of sp³-hybridized carbons (Fsp3) is 0.222. The highest BCUT2D eigenvalue weighted by Crippen LogP contribution is 2.29. The molecule has 0 unspecified atom stereocenters. The minimum Gasteiger partial charge on any atom is -0.318 e. The van der Waals surface area contributed by atoms with Gasteiger partial charge in [0, 0.05) is 24.1 Å². The van der Waals surface area contributed by atoms with Crippen LogP contribution in [0.5, 0.6) is 0 Å². The lowest BCUT2D eigenvalue weighted by atomic mass is 10.1. The highest BCUT2D eigenvalue weighted by Gasteiger charge is 2.38. The fourth-order valence-corrected chi connectivity index (χ4v) is 4.47. The second-order valence-electron chi connectivity index (χ2n) is 8.56. The molecule has 33 heavy (non-hydrogen) atoms. The number of amides is 2. The molecule has 0 radical (unpaired) electrons. The van der Waals surface area contributed by atoms with Crippen molar-refractivity contribution in [3.63, 3.8) is 0 Å². The molecule has 3 aromatic rings. The number of likely N-dealkylation sites (N-methyl/N-ethyl adjacent to an activating group) is 1. The molecule has 5 nitrogen and oxygen atoms in total. The van der Waals surface area contributed by atoms with Gasteiger partial charge in [-0.3, -0.25) is 19.4 Å². The molecule has 0 bridgehead atoms. The topological polar surface area (TPSA) is 45.6 Å². The summed E-state index contributed by atoms with van der Waals surface area (Å²) in [4.78, 5) is 29.3. The van der Waals surface area contributed by atoms with E-state index in [9.17, 15) is 9.59 Å². The van der Waals surface area contributed by atoms with E-state index in [1.807, 2.05) is 57.2 Å². The van der Waals surface area contributed by atoms with Gasteiger partial charge in [0.05, 0.1) is 5.69 Å². The van der Waals surface area contributed by atoms with E-state index in [2.05, 4.69) is 30.5 Å². The molecule has 0 N–H and O–H groups in total. The van der Waals surface area contributed by atoms with Gasteiger partial charge in [0.1, 0.15) is 5.57 Å². The lowest BCUT2D eigenvalue weighted by molar-refractivity contribution is -0.127. The maximum absolute atomic E-state index is 13.5. The zero-order valence-electron chi connectivity index (χ0n) is 19.8. The summed E-state index contributed by atoms with van der Waals surface area (Å²) >= 11 is 5.46. The van der Waals surface area contributed by atoms with E-state index in [-0.39, 0.29) is 10.7 Å². The second kappa shape index (κ2) is 8.45. The summed E-state index contributed by atoms with van der Waals surface area (Å²) in [7, 11) is 1.60. The Morgan fingerprint density at radius 1 is 0.879 bits per heavy atom. The number of aromatic nitrogens is 1. The molecule has 1 aromatic heterocycles. The van der Waals surface area contributed by atoms with Crippen LogP contribution in [0.3, 0.4) is 0 Å². The second-order valence-corrected chi connectivity index (χ2v) is 8.93. The number of rotatable bonds is 3. The van der Waals surface area contributed by atoms with Crippen LogP contribution in [0.15, 0.2) is 54.1 Å². The number of nitrogens with zero attached hydrogens (tertiary/aromatic N) is 3. The Kier molecular flexibility index (Phi) is 5.80. The van der Waals surface area contributed by atoms with E-state index in [4.69, 9.17) is 12.2 Å². The van der Waals surface area contributed by atoms with E-state index in [0.29, 0.717) is 5.69 Å². The zero-order chi connectivity index (χ0) is 24.0. The van der Waals surface area contributed by atoms with Crippen molar-refractivity contribution in [2.45, 2.75) is 34.6 Å². The van der Waals surface area contributed by atoms with Crippen molar-refractivity contribution in [1.29, 1.82) is 0 Å². The molecule has 0 atom stereocenters. The standard InChI is InChI=1S/C27H27N3O2S/c1-16-10-12-22(13-11-16)30-26(32)23(25(31)28(6)27(30)33)15-21-14-18(3)29(20(21)5)24-9-7-8-17(2)19(24)4/h7-15H,1-6H3/b23-15+. The van der Waals surface area contributed by atoms with Crippen LogP contribution >= 0.6 is 12.2 Å². The molecule has 1 saturated heterocycles. The first-order valence-corrected chi connectivity index (χ1v) is 11.2. The van der Waals surface area contributed by atoms with E-state index >= 15 is 0 Å². The van der Waals surface area contributed by atoms with Gasteiger partial charge < -0.3 is 4.57 Å². The molecule has 2 amide bonds. The Morgan fingerprint density at radius 3 is 2.21 bits per heavy atom. The SMILES string of the molecule is Cc1ccc(N2C(=O)/C(=C/c3cc(C)n(-c4cccc(C)c4C)c3C)C(=O)N(C)C2=S)cc1. The number of carbonyl (C=O) groups excluding carboxylic acids is 2. The maximum Gasteiger partial charge on any atom is 0.270 e. The number of hydrogen-bond acceptors (Lipinski definition) is 3. The van der Waals surface area contributed by atoms with Gasteiger partial charge in [-0.05, 0) is 93.9 Å². The minimum atomic E-state index is -0.413. The highest BCUT2D eigenvalue weighted by molar-refractivity contribution is 7.80. The van der Waals surface area contributed by atoms with Crippen LogP contribution in [0.25, 0.3) is 11.8 Å². The van der Waals surface area contributed by atoms with Crippen molar-refractivity contribution < 1.29 is 9.59 Å². The molecule has 0 spiro atoms. The Bertz CT molecular complexity index is 1330. The van der Waals surface area contributed by atoms with E-state index in [0.717, 1.165) is 28.2 Å². The molecule has 2 heterocycles. The first-order valence-electron chi connectivity index (χ1n) is 10.8. The molecule has 2 aromatic carbocycles. The van der Waals surface area contributed by atoms with Gasteiger partial charge in [-0.2, -0.15) is 0 Å². The predicted octanol–water partition coefficient (Wildman–Crippen LogP) is 5.19. The molecule has 0 saturated carbocycles. The highest BCUT2D eigenvalue weighted by atomic mass is 32.1. The van der Waals surface area contributed by atoms with Gasteiger partial charge in [-0.15, -0.1) is 0 Å². The average Bonchev–Trinajstić information content (AvgIpc) is 3.06. The summed E-state index contributed by atoms with van der Waals surface area (Å²) in [5, 5.41) is 0.173. The minimum absolute atomic E-state index is 0.0906. The normalized spacial score (nSPS) is 15.7. The van der Waals surface area contributed by atoms with Crippen LogP contribution in [0.4, 0.5) is 5.69 Å². The van der Waals surface area contributed by atoms with Crippen LogP contribution < -0.4 is 4.90 Å². The van der Waals surface area contributed by atoms with Crippen molar-refractivity contribution >= 4 is 40.9 Å². The van der Waals surface area contributed by atoms with Gasteiger partial charge in [-0.25, -0.2) is 0 Å². The average molecular weight is 458 g/mol. The van der Waals surface area contributed by atoms with Gasteiger partial charge in [-0.1, -0.05) is 29.8 Å². The third-order valence-electron chi connectivity index (χ3n) is 6.33. The predicted molar refractivity (Wildman–Crippen MR) is 137 cm³/mol. The Hall–Kier alpha value is -3.51. The summed E-state index contributed by atoms with van der Waals surface area (Å²) in [6.07, 6.45) is 1.69. The van der Waals surface area contributed by atoms with Crippen molar-refractivity contribution in [1.82, 2.24) is 9.47 Å². The molecule has 0 aliphatic carbocycles.